The lowest BCUT2D eigenvalue weighted by molar-refractivity contribution is -0.131. The normalized spacial score (nSPS) is 13.7. The lowest BCUT2D eigenvalue weighted by Gasteiger charge is -2.29. The van der Waals surface area contributed by atoms with Gasteiger partial charge in [0.25, 0.3) is 5.56 Å². The van der Waals surface area contributed by atoms with Crippen molar-refractivity contribution in [3.05, 3.63) is 56.8 Å². The van der Waals surface area contributed by atoms with E-state index in [2.05, 4.69) is 34.4 Å². The van der Waals surface area contributed by atoms with Gasteiger partial charge in [-0.3, -0.25) is 9.59 Å². The van der Waals surface area contributed by atoms with Crippen LogP contribution in [0.5, 0.6) is 0 Å². The minimum atomic E-state index is -0.213. The summed E-state index contributed by atoms with van der Waals surface area (Å²) in [6, 6.07) is 6.41. The van der Waals surface area contributed by atoms with E-state index >= 15 is 0 Å². The molecule has 0 saturated heterocycles. The van der Waals surface area contributed by atoms with Crippen LogP contribution >= 0.6 is 11.8 Å². The molecule has 1 aliphatic rings. The maximum atomic E-state index is 12.6. The Labute approximate surface area is 145 Å². The Morgan fingerprint density at radius 3 is 2.83 bits per heavy atom. The number of amides is 1. The highest BCUT2D eigenvalue weighted by atomic mass is 32.2. The van der Waals surface area contributed by atoms with Crippen molar-refractivity contribution in [2.24, 2.45) is 0 Å². The zero-order chi connectivity index (χ0) is 17.3. The second kappa shape index (κ2) is 6.81. The topological polar surface area (TPSA) is 66.1 Å². The van der Waals surface area contributed by atoms with E-state index in [0.717, 1.165) is 6.42 Å². The van der Waals surface area contributed by atoms with E-state index in [9.17, 15) is 9.59 Å². The first kappa shape index (κ1) is 16.8. The molecule has 1 amide bonds. The van der Waals surface area contributed by atoms with Crippen molar-refractivity contribution in [1.29, 1.82) is 0 Å². The van der Waals surface area contributed by atoms with E-state index < -0.39 is 0 Å². The van der Waals surface area contributed by atoms with E-state index in [4.69, 9.17) is 0 Å². The minimum absolute atomic E-state index is 0.0196. The van der Waals surface area contributed by atoms with E-state index in [0.29, 0.717) is 30.2 Å². The molecular weight excluding hydrogens is 322 g/mol. The number of fused-ring (bicyclic) bond motifs is 1. The van der Waals surface area contributed by atoms with Crippen LogP contribution in [0.3, 0.4) is 0 Å². The number of benzene rings is 1. The molecule has 2 aromatic rings. The fraction of sp³-hybridized carbons (Fsp3) is 0.389. The summed E-state index contributed by atoms with van der Waals surface area (Å²) in [5.74, 6) is 0.555. The monoisotopic (exact) mass is 343 g/mol. The van der Waals surface area contributed by atoms with Crippen molar-refractivity contribution in [2.45, 2.75) is 38.1 Å². The van der Waals surface area contributed by atoms with Crippen LogP contribution in [0.25, 0.3) is 0 Å². The molecule has 24 heavy (non-hydrogen) atoms. The van der Waals surface area contributed by atoms with Crippen LogP contribution in [-0.4, -0.2) is 33.6 Å². The number of aryl methyl sites for hydroxylation is 2. The quantitative estimate of drug-likeness (QED) is 0.868. The summed E-state index contributed by atoms with van der Waals surface area (Å²) in [7, 11) is 0. The molecule has 126 valence electrons. The Bertz CT molecular complexity index is 845. The molecule has 0 spiro atoms. The summed E-state index contributed by atoms with van der Waals surface area (Å²) >= 11 is 1.73. The van der Waals surface area contributed by atoms with Crippen molar-refractivity contribution < 1.29 is 4.79 Å². The van der Waals surface area contributed by atoms with Gasteiger partial charge in [-0.2, -0.15) is 0 Å². The van der Waals surface area contributed by atoms with Crippen LogP contribution in [0.1, 0.15) is 28.2 Å². The van der Waals surface area contributed by atoms with Gasteiger partial charge in [0.15, 0.2) is 0 Å². The molecule has 0 saturated carbocycles. The summed E-state index contributed by atoms with van der Waals surface area (Å²) in [6.07, 6.45) is 3.03. The molecule has 5 nitrogen and oxygen atoms in total. The lowest BCUT2D eigenvalue weighted by Crippen LogP contribution is -2.38. The Kier molecular flexibility index (Phi) is 4.76. The second-order valence-corrected chi connectivity index (χ2v) is 6.97. The second-order valence-electron chi connectivity index (χ2n) is 6.09. The number of H-pyrrole nitrogens is 1. The molecule has 0 bridgehead atoms. The molecule has 0 fully saturated rings. The van der Waals surface area contributed by atoms with Crippen LogP contribution in [-0.2, 0) is 24.2 Å². The van der Waals surface area contributed by atoms with E-state index in [1.54, 1.807) is 25.6 Å². The van der Waals surface area contributed by atoms with Crippen LogP contribution in [0.4, 0.5) is 0 Å². The highest BCUT2D eigenvalue weighted by Gasteiger charge is 2.22. The Hall–Kier alpha value is -2.08. The highest BCUT2D eigenvalue weighted by molar-refractivity contribution is 7.98. The summed E-state index contributed by atoms with van der Waals surface area (Å²) in [5.41, 5.74) is 3.40. The third-order valence-electron chi connectivity index (χ3n) is 4.45. The summed E-state index contributed by atoms with van der Waals surface area (Å²) < 4.78 is 0. The maximum Gasteiger partial charge on any atom is 0.254 e. The van der Waals surface area contributed by atoms with Gasteiger partial charge < -0.3 is 9.88 Å². The zero-order valence-corrected chi connectivity index (χ0v) is 15.0. The molecule has 6 heteroatoms. The SMILES string of the molecule is CSc1ccc2c(c1)CCN(C(=O)Cc1c(C)nc(C)[nH]c1=O)C2. The molecule has 1 aromatic carbocycles. The maximum absolute atomic E-state index is 12.6. The van der Waals surface area contributed by atoms with Gasteiger partial charge in [-0.25, -0.2) is 4.98 Å². The fourth-order valence-corrected chi connectivity index (χ4v) is 3.56. The number of hydrogen-bond acceptors (Lipinski definition) is 4. The zero-order valence-electron chi connectivity index (χ0n) is 14.2. The Morgan fingerprint density at radius 2 is 2.12 bits per heavy atom. The first-order valence-electron chi connectivity index (χ1n) is 7.98. The molecule has 0 aliphatic carbocycles. The number of aromatic nitrogens is 2. The van der Waals surface area contributed by atoms with E-state index in [1.807, 2.05) is 4.90 Å². The van der Waals surface area contributed by atoms with Gasteiger partial charge in [0, 0.05) is 29.2 Å². The van der Waals surface area contributed by atoms with Gasteiger partial charge in [0.1, 0.15) is 5.82 Å². The van der Waals surface area contributed by atoms with Crippen LogP contribution in [0, 0.1) is 13.8 Å². The van der Waals surface area contributed by atoms with Crippen LogP contribution in [0.15, 0.2) is 27.9 Å². The fourth-order valence-electron chi connectivity index (χ4n) is 3.09. The summed E-state index contributed by atoms with van der Waals surface area (Å²) in [6.45, 7) is 4.82. The number of hydrogen-bond donors (Lipinski definition) is 1. The number of rotatable bonds is 3. The number of aromatic amines is 1. The van der Waals surface area contributed by atoms with E-state index in [1.165, 1.54) is 16.0 Å². The van der Waals surface area contributed by atoms with Gasteiger partial charge in [0.05, 0.1) is 6.42 Å². The number of nitrogens with zero attached hydrogens (tertiary/aromatic N) is 2. The van der Waals surface area contributed by atoms with E-state index in [-0.39, 0.29) is 17.9 Å². The Morgan fingerprint density at radius 1 is 1.33 bits per heavy atom. The minimum Gasteiger partial charge on any atom is -0.338 e. The van der Waals surface area contributed by atoms with Gasteiger partial charge in [-0.05, 0) is 49.8 Å². The predicted molar refractivity (Wildman–Crippen MR) is 95.4 cm³/mol. The summed E-state index contributed by atoms with van der Waals surface area (Å²) in [5, 5.41) is 0. The molecule has 1 N–H and O–H groups in total. The van der Waals surface area contributed by atoms with Gasteiger partial charge in [-0.1, -0.05) is 6.07 Å². The summed E-state index contributed by atoms with van der Waals surface area (Å²) in [4.78, 5) is 34.7. The third kappa shape index (κ3) is 3.38. The van der Waals surface area contributed by atoms with Crippen molar-refractivity contribution in [2.75, 3.05) is 12.8 Å². The molecule has 2 heterocycles. The molecule has 3 rings (SSSR count). The average molecular weight is 343 g/mol. The number of carbonyl (C=O) groups is 1. The van der Waals surface area contributed by atoms with Crippen molar-refractivity contribution >= 4 is 17.7 Å². The highest BCUT2D eigenvalue weighted by Crippen LogP contribution is 2.24. The standard InChI is InChI=1S/C18H21N3O2S/c1-11-16(18(23)20-12(2)19-11)9-17(22)21-7-6-13-8-15(24-3)5-4-14(13)10-21/h4-5,8H,6-7,9-10H2,1-3H3,(H,19,20,23). The molecule has 0 unspecified atom stereocenters. The van der Waals surface area contributed by atoms with Crippen LogP contribution in [0.2, 0.25) is 0 Å². The van der Waals surface area contributed by atoms with Crippen molar-refractivity contribution in [1.82, 2.24) is 14.9 Å². The van der Waals surface area contributed by atoms with Gasteiger partial charge in [-0.15, -0.1) is 11.8 Å². The van der Waals surface area contributed by atoms with Crippen molar-refractivity contribution in [3.63, 3.8) is 0 Å². The smallest absolute Gasteiger partial charge is 0.254 e. The van der Waals surface area contributed by atoms with Gasteiger partial charge in [0.2, 0.25) is 5.91 Å². The molecule has 1 aliphatic heterocycles. The molecule has 0 radical (unpaired) electrons. The lowest BCUT2D eigenvalue weighted by atomic mass is 9.99. The Balaban J connectivity index is 1.76. The van der Waals surface area contributed by atoms with Crippen molar-refractivity contribution in [3.8, 4) is 0 Å². The van der Waals surface area contributed by atoms with Gasteiger partial charge >= 0.3 is 0 Å². The predicted octanol–water partition coefficient (Wildman–Crippen LogP) is 2.24. The number of nitrogens with one attached hydrogen (secondary N) is 1. The first-order valence-corrected chi connectivity index (χ1v) is 9.20. The number of carbonyl (C=O) groups excluding carboxylic acids is 1. The molecule has 1 aromatic heterocycles. The largest absolute Gasteiger partial charge is 0.338 e. The third-order valence-corrected chi connectivity index (χ3v) is 5.17. The molecule has 0 atom stereocenters. The average Bonchev–Trinajstić information content (AvgIpc) is 2.56. The molecular formula is C18H21N3O2S. The van der Waals surface area contributed by atoms with Crippen LogP contribution < -0.4 is 5.56 Å². The first-order chi connectivity index (χ1) is 11.5. The number of thioether (sulfide) groups is 1.